The van der Waals surface area contributed by atoms with Crippen LogP contribution >= 0.6 is 0 Å². The number of anilines is 1. The maximum absolute atomic E-state index is 13.1. The summed E-state index contributed by atoms with van der Waals surface area (Å²) >= 11 is 0. The summed E-state index contributed by atoms with van der Waals surface area (Å²) in [6.07, 6.45) is 4.28. The zero-order valence-corrected chi connectivity index (χ0v) is 17.9. The molecule has 2 aromatic carbocycles. The maximum Gasteiger partial charge on any atom is 0.225 e. The highest BCUT2D eigenvalue weighted by atomic mass is 16.1. The highest BCUT2D eigenvalue weighted by molar-refractivity contribution is 5.91. The molecule has 2 aromatic heterocycles. The molecule has 2 heterocycles. The summed E-state index contributed by atoms with van der Waals surface area (Å²) in [6.45, 7) is 8.28. The third kappa shape index (κ3) is 3.86. The number of benzene rings is 2. The van der Waals surface area contributed by atoms with Crippen molar-refractivity contribution in [2.24, 2.45) is 0 Å². The Morgan fingerprint density at radius 2 is 1.70 bits per heavy atom. The second kappa shape index (κ2) is 8.15. The van der Waals surface area contributed by atoms with E-state index in [4.69, 9.17) is 0 Å². The first-order chi connectivity index (χ1) is 14.4. The lowest BCUT2D eigenvalue weighted by atomic mass is 9.89. The predicted molar refractivity (Wildman–Crippen MR) is 122 cm³/mol. The summed E-state index contributed by atoms with van der Waals surface area (Å²) in [5.74, 6) is -0.0938. The fraction of sp³-hybridized carbons (Fsp3) is 0.231. The number of hydrogen-bond donors (Lipinski definition) is 1. The van der Waals surface area contributed by atoms with Crippen LogP contribution in [0.15, 0.2) is 67.0 Å². The van der Waals surface area contributed by atoms with Crippen molar-refractivity contribution in [3.05, 3.63) is 101 Å². The Labute approximate surface area is 177 Å². The van der Waals surface area contributed by atoms with E-state index < -0.39 is 0 Å². The summed E-state index contributed by atoms with van der Waals surface area (Å²) in [7, 11) is 0. The quantitative estimate of drug-likeness (QED) is 0.467. The van der Waals surface area contributed by atoms with Gasteiger partial charge in [0, 0.05) is 30.4 Å². The van der Waals surface area contributed by atoms with E-state index in [0.29, 0.717) is 6.42 Å². The number of aryl methyl sites for hydroxylation is 4. The van der Waals surface area contributed by atoms with Crippen LogP contribution in [-0.4, -0.2) is 15.3 Å². The molecule has 1 unspecified atom stereocenters. The number of nitrogens with zero attached hydrogens (tertiary/aromatic N) is 2. The fourth-order valence-corrected chi connectivity index (χ4v) is 4.00. The van der Waals surface area contributed by atoms with Gasteiger partial charge in [-0.1, -0.05) is 36.4 Å². The second-order valence-corrected chi connectivity index (χ2v) is 8.03. The second-order valence-electron chi connectivity index (χ2n) is 8.03. The van der Waals surface area contributed by atoms with Gasteiger partial charge in [-0.2, -0.15) is 0 Å². The number of aromatic nitrogens is 2. The molecule has 4 rings (SSSR count). The predicted octanol–water partition coefficient (Wildman–Crippen LogP) is 5.73. The number of carbonyl (C=O) groups excluding carboxylic acids is 1. The number of nitrogens with one attached hydrogen (secondary N) is 1. The molecular formula is C26H27N3O. The van der Waals surface area contributed by atoms with Crippen LogP contribution < -0.4 is 5.32 Å². The van der Waals surface area contributed by atoms with Gasteiger partial charge in [0.1, 0.15) is 5.65 Å². The van der Waals surface area contributed by atoms with Crippen molar-refractivity contribution in [2.75, 3.05) is 5.32 Å². The van der Waals surface area contributed by atoms with Crippen LogP contribution in [0.3, 0.4) is 0 Å². The molecule has 4 heteroatoms. The standard InChI is InChI=1S/C26H27N3O/c1-17-11-12-21(14-20(17)4)28-25(30)15-23(22-10-6-5-8-18(22)2)24-16-27-26-19(3)9-7-13-29(24)26/h5-14,16,23H,15H2,1-4H3,(H,28,30). The molecular weight excluding hydrogens is 370 g/mol. The Kier molecular flexibility index (Phi) is 5.40. The Balaban J connectivity index is 1.70. The molecule has 0 aliphatic carbocycles. The van der Waals surface area contributed by atoms with Crippen LogP contribution in [0.4, 0.5) is 5.69 Å². The number of fused-ring (bicyclic) bond motifs is 1. The molecule has 152 valence electrons. The average molecular weight is 398 g/mol. The van der Waals surface area contributed by atoms with Crippen molar-refractivity contribution in [3.63, 3.8) is 0 Å². The van der Waals surface area contributed by atoms with E-state index in [2.05, 4.69) is 60.6 Å². The van der Waals surface area contributed by atoms with Gasteiger partial charge in [-0.25, -0.2) is 4.98 Å². The lowest BCUT2D eigenvalue weighted by Crippen LogP contribution is -2.18. The minimum Gasteiger partial charge on any atom is -0.326 e. The molecule has 0 saturated carbocycles. The van der Waals surface area contributed by atoms with E-state index in [-0.39, 0.29) is 11.8 Å². The number of imidazole rings is 1. The fourth-order valence-electron chi connectivity index (χ4n) is 4.00. The highest BCUT2D eigenvalue weighted by Crippen LogP contribution is 2.32. The number of hydrogen-bond acceptors (Lipinski definition) is 2. The Morgan fingerprint density at radius 3 is 2.47 bits per heavy atom. The molecule has 1 N–H and O–H groups in total. The first-order valence-corrected chi connectivity index (χ1v) is 10.3. The molecule has 0 aliphatic rings. The van der Waals surface area contributed by atoms with Gasteiger partial charge in [0.25, 0.3) is 0 Å². The normalized spacial score (nSPS) is 12.1. The number of amides is 1. The molecule has 30 heavy (non-hydrogen) atoms. The largest absolute Gasteiger partial charge is 0.326 e. The van der Waals surface area contributed by atoms with Crippen molar-refractivity contribution in [1.29, 1.82) is 0 Å². The zero-order valence-electron chi connectivity index (χ0n) is 17.9. The third-order valence-corrected chi connectivity index (χ3v) is 5.86. The molecule has 4 nitrogen and oxygen atoms in total. The van der Waals surface area contributed by atoms with Gasteiger partial charge in [-0.15, -0.1) is 0 Å². The summed E-state index contributed by atoms with van der Waals surface area (Å²) in [6, 6.07) is 18.4. The first-order valence-electron chi connectivity index (χ1n) is 10.3. The van der Waals surface area contributed by atoms with Crippen molar-refractivity contribution in [2.45, 2.75) is 40.0 Å². The van der Waals surface area contributed by atoms with E-state index in [0.717, 1.165) is 28.2 Å². The van der Waals surface area contributed by atoms with Gasteiger partial charge < -0.3 is 9.72 Å². The van der Waals surface area contributed by atoms with Crippen LogP contribution in [0.25, 0.3) is 5.65 Å². The van der Waals surface area contributed by atoms with E-state index in [1.807, 2.05) is 48.8 Å². The zero-order chi connectivity index (χ0) is 21.3. The lowest BCUT2D eigenvalue weighted by Gasteiger charge is -2.19. The monoisotopic (exact) mass is 397 g/mol. The molecule has 0 radical (unpaired) electrons. The van der Waals surface area contributed by atoms with Crippen molar-refractivity contribution in [1.82, 2.24) is 9.38 Å². The van der Waals surface area contributed by atoms with Gasteiger partial charge >= 0.3 is 0 Å². The Bertz CT molecular complexity index is 1220. The van der Waals surface area contributed by atoms with Crippen molar-refractivity contribution >= 4 is 17.2 Å². The molecule has 1 atom stereocenters. The van der Waals surface area contributed by atoms with Gasteiger partial charge in [0.05, 0.1) is 5.69 Å². The molecule has 0 aliphatic heterocycles. The Morgan fingerprint density at radius 1 is 0.933 bits per heavy atom. The van der Waals surface area contributed by atoms with Crippen LogP contribution in [0.2, 0.25) is 0 Å². The number of carbonyl (C=O) groups is 1. The smallest absolute Gasteiger partial charge is 0.225 e. The molecule has 1 amide bonds. The summed E-state index contributed by atoms with van der Waals surface area (Å²) in [4.78, 5) is 17.7. The molecule has 0 spiro atoms. The van der Waals surface area contributed by atoms with E-state index in [9.17, 15) is 4.79 Å². The summed E-state index contributed by atoms with van der Waals surface area (Å²) in [5.41, 5.74) is 8.61. The summed E-state index contributed by atoms with van der Waals surface area (Å²) < 4.78 is 2.11. The molecule has 0 bridgehead atoms. The minimum atomic E-state index is -0.0884. The van der Waals surface area contributed by atoms with Gasteiger partial charge in [-0.3, -0.25) is 4.79 Å². The Hall–Kier alpha value is -3.40. The van der Waals surface area contributed by atoms with Crippen LogP contribution in [-0.2, 0) is 4.79 Å². The molecule has 0 fully saturated rings. The van der Waals surface area contributed by atoms with E-state index in [1.54, 1.807) is 0 Å². The van der Waals surface area contributed by atoms with Crippen molar-refractivity contribution < 1.29 is 4.79 Å². The first kappa shape index (κ1) is 19.9. The van der Waals surface area contributed by atoms with E-state index >= 15 is 0 Å². The molecule has 0 saturated heterocycles. The van der Waals surface area contributed by atoms with Gasteiger partial charge in [0.2, 0.25) is 5.91 Å². The summed E-state index contributed by atoms with van der Waals surface area (Å²) in [5, 5.41) is 3.08. The number of rotatable bonds is 5. The van der Waals surface area contributed by atoms with Gasteiger partial charge in [-0.05, 0) is 73.7 Å². The van der Waals surface area contributed by atoms with Gasteiger partial charge in [0.15, 0.2) is 0 Å². The third-order valence-electron chi connectivity index (χ3n) is 5.86. The van der Waals surface area contributed by atoms with Crippen LogP contribution in [0, 0.1) is 27.7 Å². The minimum absolute atomic E-state index is 0.00545. The SMILES string of the molecule is Cc1ccc(NC(=O)CC(c2ccccc2C)c2cnc3c(C)cccn23)cc1C. The highest BCUT2D eigenvalue weighted by Gasteiger charge is 2.23. The topological polar surface area (TPSA) is 46.4 Å². The lowest BCUT2D eigenvalue weighted by molar-refractivity contribution is -0.116. The van der Waals surface area contributed by atoms with E-state index in [1.165, 1.54) is 16.7 Å². The number of pyridine rings is 1. The molecule has 4 aromatic rings. The maximum atomic E-state index is 13.1. The van der Waals surface area contributed by atoms with Crippen LogP contribution in [0.1, 0.15) is 45.8 Å². The van der Waals surface area contributed by atoms with Crippen LogP contribution in [0.5, 0.6) is 0 Å². The van der Waals surface area contributed by atoms with Crippen molar-refractivity contribution in [3.8, 4) is 0 Å². The average Bonchev–Trinajstić information content (AvgIpc) is 3.15.